The van der Waals surface area contributed by atoms with Crippen molar-refractivity contribution in [1.29, 1.82) is 0 Å². The smallest absolute Gasteiger partial charge is 0.414 e. The molecule has 0 aromatic heterocycles. The first-order valence-electron chi connectivity index (χ1n) is 1.11. The zero-order valence-electron chi connectivity index (χ0n) is 3.87. The van der Waals surface area contributed by atoms with Gasteiger partial charge in [-0.25, -0.2) is 9.59 Å². The fourth-order valence-corrected chi connectivity index (χ4v) is 0. The monoisotopic (exact) mass is 158 g/mol. The van der Waals surface area contributed by atoms with E-state index >= 15 is 0 Å². The van der Waals surface area contributed by atoms with Crippen LogP contribution in [0, 0.1) is 0 Å². The van der Waals surface area contributed by atoms with Crippen LogP contribution in [-0.4, -0.2) is 22.2 Å². The number of carboxylic acid groups (broad SMARTS) is 2. The van der Waals surface area contributed by atoms with Crippen LogP contribution < -0.4 is 6.15 Å². The van der Waals surface area contributed by atoms with Crippen LogP contribution in [-0.2, 0) is 28.1 Å². The molecule has 0 aromatic carbocycles. The van der Waals surface area contributed by atoms with Gasteiger partial charge in [-0.1, -0.05) is 0 Å². The molecule has 0 saturated carbocycles. The number of rotatable bonds is 0. The van der Waals surface area contributed by atoms with Gasteiger partial charge >= 0.3 is 11.9 Å². The van der Waals surface area contributed by atoms with Gasteiger partial charge in [-0.3, -0.25) is 0 Å². The van der Waals surface area contributed by atoms with E-state index in [-0.39, 0.29) is 24.7 Å². The van der Waals surface area contributed by atoms with Crippen LogP contribution >= 0.6 is 0 Å². The van der Waals surface area contributed by atoms with Crippen LogP contribution in [0.1, 0.15) is 0 Å². The zero-order valence-corrected chi connectivity index (χ0v) is 5.26. The molecular formula is C2H5NO4V. The second-order valence-electron chi connectivity index (χ2n) is 0.610. The Kier molecular flexibility index (Phi) is 12.7. The Bertz CT molecular complexity index is 80.0. The number of hydrogen-bond donors (Lipinski definition) is 3. The van der Waals surface area contributed by atoms with Crippen molar-refractivity contribution >= 4 is 11.9 Å². The second-order valence-corrected chi connectivity index (χ2v) is 0.610. The topological polar surface area (TPSA) is 110 Å². The van der Waals surface area contributed by atoms with Crippen LogP contribution in [0.3, 0.4) is 0 Å². The number of aliphatic carboxylic acids is 2. The Labute approximate surface area is 57.2 Å². The molecule has 0 unspecified atom stereocenters. The molecule has 8 heavy (non-hydrogen) atoms. The maximum atomic E-state index is 9.10. The minimum absolute atomic E-state index is 0. The van der Waals surface area contributed by atoms with E-state index < -0.39 is 11.9 Å². The fourth-order valence-electron chi connectivity index (χ4n) is 0. The Morgan fingerprint density at radius 1 is 1.00 bits per heavy atom. The summed E-state index contributed by atoms with van der Waals surface area (Å²) < 4.78 is 0. The number of hydrogen-bond acceptors (Lipinski definition) is 3. The molecule has 0 bridgehead atoms. The molecule has 0 saturated heterocycles. The van der Waals surface area contributed by atoms with Crippen LogP contribution in [0.2, 0.25) is 0 Å². The molecule has 5 nitrogen and oxygen atoms in total. The van der Waals surface area contributed by atoms with Crippen LogP contribution in [0.25, 0.3) is 0 Å². The first-order valence-corrected chi connectivity index (χ1v) is 1.11. The van der Waals surface area contributed by atoms with Crippen molar-refractivity contribution in [3.63, 3.8) is 0 Å². The Balaban J connectivity index is -0.000000125. The summed E-state index contributed by atoms with van der Waals surface area (Å²) >= 11 is 0. The molecule has 0 aliphatic rings. The van der Waals surface area contributed by atoms with E-state index in [1.54, 1.807) is 0 Å². The molecule has 0 aromatic rings. The number of carbonyl (C=O) groups is 2. The summed E-state index contributed by atoms with van der Waals surface area (Å²) in [6.07, 6.45) is 0. The molecule has 5 N–H and O–H groups in total. The first kappa shape index (κ1) is 15.6. The van der Waals surface area contributed by atoms with Crippen molar-refractivity contribution in [3.05, 3.63) is 0 Å². The van der Waals surface area contributed by atoms with Crippen molar-refractivity contribution in [3.8, 4) is 0 Å². The van der Waals surface area contributed by atoms with Gasteiger partial charge in [0.15, 0.2) is 0 Å². The van der Waals surface area contributed by atoms with E-state index in [0.29, 0.717) is 0 Å². The van der Waals surface area contributed by atoms with Gasteiger partial charge < -0.3 is 16.4 Å². The molecule has 0 fully saturated rings. The normalized spacial score (nSPS) is 5.50. The van der Waals surface area contributed by atoms with E-state index in [4.69, 9.17) is 19.8 Å². The van der Waals surface area contributed by atoms with E-state index in [1.165, 1.54) is 0 Å². The molecule has 0 atom stereocenters. The summed E-state index contributed by atoms with van der Waals surface area (Å²) in [5, 5.41) is 14.8. The third kappa shape index (κ3) is 9.08. The van der Waals surface area contributed by atoms with Gasteiger partial charge in [0, 0.05) is 18.6 Å². The average molecular weight is 158 g/mol. The SMILES string of the molecule is N.O=C(O)C(=O)O.[V]. The molecular weight excluding hydrogens is 153 g/mol. The summed E-state index contributed by atoms with van der Waals surface area (Å²) in [5.74, 6) is -3.65. The van der Waals surface area contributed by atoms with Gasteiger partial charge in [-0.05, 0) is 0 Å². The molecule has 6 heteroatoms. The zero-order chi connectivity index (χ0) is 5.15. The summed E-state index contributed by atoms with van der Waals surface area (Å²) in [5.41, 5.74) is 0. The summed E-state index contributed by atoms with van der Waals surface area (Å²) in [4.78, 5) is 18.2. The molecule has 0 rings (SSSR count). The Morgan fingerprint density at radius 3 is 1.12 bits per heavy atom. The van der Waals surface area contributed by atoms with Gasteiger partial charge in [0.25, 0.3) is 0 Å². The van der Waals surface area contributed by atoms with Crippen LogP contribution in [0.5, 0.6) is 0 Å². The van der Waals surface area contributed by atoms with Crippen molar-refractivity contribution in [2.45, 2.75) is 0 Å². The van der Waals surface area contributed by atoms with Gasteiger partial charge in [-0.2, -0.15) is 0 Å². The van der Waals surface area contributed by atoms with Crippen LogP contribution in [0.15, 0.2) is 0 Å². The van der Waals surface area contributed by atoms with E-state index in [0.717, 1.165) is 0 Å². The minimum Gasteiger partial charge on any atom is -0.473 e. The van der Waals surface area contributed by atoms with E-state index in [1.807, 2.05) is 0 Å². The summed E-state index contributed by atoms with van der Waals surface area (Å²) in [6.45, 7) is 0. The predicted octanol–water partition coefficient (Wildman–Crippen LogP) is -0.685. The van der Waals surface area contributed by atoms with Gasteiger partial charge in [0.2, 0.25) is 0 Å². The Hall–Kier alpha value is -0.516. The molecule has 0 amide bonds. The van der Waals surface area contributed by atoms with Crippen molar-refractivity contribution in [1.82, 2.24) is 6.15 Å². The molecule has 0 aliphatic carbocycles. The average Bonchev–Trinajstić information content (AvgIpc) is 1.36. The molecule has 47 valence electrons. The summed E-state index contributed by atoms with van der Waals surface area (Å²) in [7, 11) is 0. The van der Waals surface area contributed by atoms with Crippen molar-refractivity contribution < 1.29 is 38.4 Å². The minimum atomic E-state index is -1.82. The standard InChI is InChI=1S/C2H2O4.H3N.V/c3-1(4)2(5)6;;/h(H,3,4)(H,5,6);1H3;. The maximum Gasteiger partial charge on any atom is 0.414 e. The third-order valence-corrected chi connectivity index (χ3v) is 0.183. The molecule has 0 aliphatic heterocycles. The molecule has 0 heterocycles. The van der Waals surface area contributed by atoms with Gasteiger partial charge in [0.05, 0.1) is 0 Å². The first-order chi connectivity index (χ1) is 2.64. The second kappa shape index (κ2) is 6.48. The third-order valence-electron chi connectivity index (χ3n) is 0.183. The van der Waals surface area contributed by atoms with Crippen molar-refractivity contribution in [2.75, 3.05) is 0 Å². The summed E-state index contributed by atoms with van der Waals surface area (Å²) in [6, 6.07) is 0. The van der Waals surface area contributed by atoms with Crippen LogP contribution in [0.4, 0.5) is 0 Å². The van der Waals surface area contributed by atoms with E-state index in [2.05, 4.69) is 0 Å². The Morgan fingerprint density at radius 2 is 1.12 bits per heavy atom. The molecule has 1 radical (unpaired) electrons. The fraction of sp³-hybridized carbons (Fsp3) is 0. The number of carboxylic acids is 2. The largest absolute Gasteiger partial charge is 0.473 e. The molecule has 0 spiro atoms. The maximum absolute atomic E-state index is 9.10. The predicted molar refractivity (Wildman–Crippen MR) is 20.3 cm³/mol. The van der Waals surface area contributed by atoms with Gasteiger partial charge in [0.1, 0.15) is 0 Å². The van der Waals surface area contributed by atoms with Crippen molar-refractivity contribution in [2.24, 2.45) is 0 Å². The quantitative estimate of drug-likeness (QED) is 0.404. The van der Waals surface area contributed by atoms with Gasteiger partial charge in [-0.15, -0.1) is 0 Å². The van der Waals surface area contributed by atoms with E-state index in [9.17, 15) is 0 Å².